The molecule has 3 heteroatoms. The molecule has 0 aliphatic rings. The van der Waals surface area contributed by atoms with E-state index >= 15 is 0 Å². The summed E-state index contributed by atoms with van der Waals surface area (Å²) >= 11 is 0. The molecular weight excluding hydrogens is 238 g/mol. The summed E-state index contributed by atoms with van der Waals surface area (Å²) in [6, 6.07) is 0. The van der Waals surface area contributed by atoms with Crippen molar-refractivity contribution in [3.63, 3.8) is 0 Å². The van der Waals surface area contributed by atoms with E-state index in [9.17, 15) is 0 Å². The fourth-order valence-corrected chi connectivity index (χ4v) is 0.296. The van der Waals surface area contributed by atoms with Crippen LogP contribution in [0.1, 0.15) is 13.8 Å². The minimum Gasteiger partial charge on any atom is -0.775 e. The summed E-state index contributed by atoms with van der Waals surface area (Å²) in [5, 5.41) is 3.94. The third-order valence-corrected chi connectivity index (χ3v) is 1.14. The molecule has 0 aliphatic carbocycles. The Labute approximate surface area is 100 Å². The SMILES string of the molecule is C=[C-]/C(C)=C(/C)[N-]C.[V].[Y]. The average Bonchev–Trinajstić information content (AvgIpc) is 1.84. The fourth-order valence-electron chi connectivity index (χ4n) is 0.296. The fraction of sp³-hybridized carbons (Fsp3) is 0.429. The summed E-state index contributed by atoms with van der Waals surface area (Å²) in [6.07, 6.45) is 2.75. The molecular formula is C7H11NVY-2. The van der Waals surface area contributed by atoms with E-state index in [1.54, 1.807) is 7.05 Å². The van der Waals surface area contributed by atoms with E-state index in [1.165, 1.54) is 0 Å². The molecule has 0 aromatic carbocycles. The third-order valence-electron chi connectivity index (χ3n) is 1.14. The Balaban J connectivity index is -0.000000245. The summed E-state index contributed by atoms with van der Waals surface area (Å²) in [4.78, 5) is 0. The van der Waals surface area contributed by atoms with E-state index in [-0.39, 0.29) is 51.3 Å². The maximum atomic E-state index is 3.94. The number of allylic oxidation sites excluding steroid dienone is 3. The second kappa shape index (κ2) is 9.97. The number of rotatable bonds is 2. The van der Waals surface area contributed by atoms with Gasteiger partial charge in [0.05, 0.1) is 0 Å². The van der Waals surface area contributed by atoms with Crippen molar-refractivity contribution in [1.29, 1.82) is 0 Å². The molecule has 0 aromatic heterocycles. The van der Waals surface area contributed by atoms with Gasteiger partial charge in [0.15, 0.2) is 0 Å². The van der Waals surface area contributed by atoms with Crippen LogP contribution in [0.2, 0.25) is 0 Å². The quantitative estimate of drug-likeness (QED) is 0.526. The second-order valence-corrected chi connectivity index (χ2v) is 1.61. The Morgan fingerprint density at radius 1 is 1.40 bits per heavy atom. The van der Waals surface area contributed by atoms with Gasteiger partial charge in [-0.25, -0.2) is 5.57 Å². The first kappa shape index (κ1) is 17.2. The maximum Gasteiger partial charge on any atom is 0 e. The molecule has 0 saturated heterocycles. The minimum atomic E-state index is 0. The predicted molar refractivity (Wildman–Crippen MR) is 36.5 cm³/mol. The average molecular weight is 249 g/mol. The van der Waals surface area contributed by atoms with Crippen molar-refractivity contribution in [3.05, 3.63) is 29.2 Å². The van der Waals surface area contributed by atoms with Gasteiger partial charge in [-0.1, -0.05) is 6.92 Å². The molecule has 0 fully saturated rings. The van der Waals surface area contributed by atoms with Crippen LogP contribution in [0.5, 0.6) is 0 Å². The van der Waals surface area contributed by atoms with Gasteiger partial charge in [0, 0.05) is 51.3 Å². The Morgan fingerprint density at radius 2 is 1.80 bits per heavy atom. The molecule has 2 radical (unpaired) electrons. The molecule has 1 nitrogen and oxygen atoms in total. The zero-order chi connectivity index (χ0) is 6.57. The molecule has 0 rings (SSSR count). The summed E-state index contributed by atoms with van der Waals surface area (Å²) < 4.78 is 0. The zero-order valence-electron chi connectivity index (χ0n) is 6.68. The molecule has 0 N–H and O–H groups in total. The van der Waals surface area contributed by atoms with Gasteiger partial charge in [0.25, 0.3) is 0 Å². The first-order valence-electron chi connectivity index (χ1n) is 2.52. The Kier molecular flexibility index (Phi) is 17.1. The van der Waals surface area contributed by atoms with Crippen molar-refractivity contribution >= 4 is 0 Å². The summed E-state index contributed by atoms with van der Waals surface area (Å²) in [7, 11) is 1.76. The summed E-state index contributed by atoms with van der Waals surface area (Å²) in [6.45, 7) is 7.36. The normalized spacial score (nSPS) is 9.90. The Bertz CT molecular complexity index is 121. The van der Waals surface area contributed by atoms with Crippen LogP contribution >= 0.6 is 0 Å². The van der Waals surface area contributed by atoms with Crippen molar-refractivity contribution in [2.24, 2.45) is 0 Å². The number of hydrogen-bond donors (Lipinski definition) is 0. The van der Waals surface area contributed by atoms with E-state index in [0.29, 0.717) is 0 Å². The molecule has 0 heterocycles. The Morgan fingerprint density at radius 3 is 1.90 bits per heavy atom. The van der Waals surface area contributed by atoms with Gasteiger partial charge in [0.1, 0.15) is 0 Å². The van der Waals surface area contributed by atoms with Crippen molar-refractivity contribution in [2.75, 3.05) is 7.05 Å². The smallest absolute Gasteiger partial charge is 0 e. The zero-order valence-corrected chi connectivity index (χ0v) is 10.9. The van der Waals surface area contributed by atoms with Crippen LogP contribution in [0.3, 0.4) is 0 Å². The maximum absolute atomic E-state index is 3.94. The molecule has 0 saturated carbocycles. The van der Waals surface area contributed by atoms with E-state index in [4.69, 9.17) is 0 Å². The first-order chi connectivity index (χ1) is 3.72. The van der Waals surface area contributed by atoms with Crippen LogP contribution in [-0.4, -0.2) is 7.05 Å². The van der Waals surface area contributed by atoms with Crippen molar-refractivity contribution in [1.82, 2.24) is 0 Å². The molecule has 54 valence electrons. The molecule has 0 bridgehead atoms. The molecule has 0 spiro atoms. The van der Waals surface area contributed by atoms with Crippen molar-refractivity contribution in [2.45, 2.75) is 13.8 Å². The third kappa shape index (κ3) is 7.08. The van der Waals surface area contributed by atoms with Crippen LogP contribution in [0, 0.1) is 6.08 Å². The van der Waals surface area contributed by atoms with Crippen LogP contribution in [0.15, 0.2) is 17.8 Å². The van der Waals surface area contributed by atoms with Gasteiger partial charge >= 0.3 is 0 Å². The summed E-state index contributed by atoms with van der Waals surface area (Å²) in [5.74, 6) is 0. The first-order valence-corrected chi connectivity index (χ1v) is 2.52. The topological polar surface area (TPSA) is 14.1 Å². The van der Waals surface area contributed by atoms with E-state index in [0.717, 1.165) is 11.3 Å². The monoisotopic (exact) mass is 249 g/mol. The van der Waals surface area contributed by atoms with Crippen LogP contribution in [-0.2, 0) is 51.3 Å². The van der Waals surface area contributed by atoms with Gasteiger partial charge in [-0.2, -0.15) is 13.6 Å². The molecule has 0 unspecified atom stereocenters. The van der Waals surface area contributed by atoms with Crippen LogP contribution < -0.4 is 0 Å². The molecule has 0 amide bonds. The van der Waals surface area contributed by atoms with Crippen LogP contribution in [0.4, 0.5) is 0 Å². The van der Waals surface area contributed by atoms with Gasteiger partial charge in [-0.15, -0.1) is 6.92 Å². The van der Waals surface area contributed by atoms with E-state index in [2.05, 4.69) is 18.0 Å². The molecule has 0 aliphatic heterocycles. The molecule has 10 heavy (non-hydrogen) atoms. The summed E-state index contributed by atoms with van der Waals surface area (Å²) in [5.41, 5.74) is 2.02. The van der Waals surface area contributed by atoms with E-state index < -0.39 is 0 Å². The molecule has 0 aromatic rings. The predicted octanol–water partition coefficient (Wildman–Crippen LogP) is 2.27. The van der Waals surface area contributed by atoms with Crippen LogP contribution in [0.25, 0.3) is 5.32 Å². The number of hydrogen-bond acceptors (Lipinski definition) is 0. The standard InChI is InChI=1S/C7H11N.V.Y/c1-5-6(2)7(3)8-4;;/h1H2,2-4H3;;/q-2;;/b7-6-;;. The second-order valence-electron chi connectivity index (χ2n) is 1.61. The largest absolute Gasteiger partial charge is 0.775 e. The minimum absolute atomic E-state index is 0. The number of nitrogens with zero attached hydrogens (tertiary/aromatic N) is 1. The van der Waals surface area contributed by atoms with Gasteiger partial charge in [-0.05, 0) is 0 Å². The molecule has 0 atom stereocenters. The Hall–Kier alpha value is 0.968. The van der Waals surface area contributed by atoms with Gasteiger partial charge in [0.2, 0.25) is 0 Å². The van der Waals surface area contributed by atoms with Crippen molar-refractivity contribution in [3.8, 4) is 0 Å². The van der Waals surface area contributed by atoms with Crippen molar-refractivity contribution < 1.29 is 51.3 Å². The van der Waals surface area contributed by atoms with Gasteiger partial charge in [-0.3, -0.25) is 6.08 Å². The van der Waals surface area contributed by atoms with Gasteiger partial charge < -0.3 is 11.0 Å². The van der Waals surface area contributed by atoms with E-state index in [1.807, 2.05) is 13.8 Å².